The number of anilines is 1. The molecule has 0 aromatic heterocycles. The maximum atomic E-state index is 8.74. The first kappa shape index (κ1) is 14.3. The Balaban J connectivity index is 3.09. The summed E-state index contributed by atoms with van der Waals surface area (Å²) < 4.78 is 10.3. The average Bonchev–Trinajstić information content (AvgIpc) is 2.40. The lowest BCUT2D eigenvalue weighted by atomic mass is 10.2. The summed E-state index contributed by atoms with van der Waals surface area (Å²) in [5, 5.41) is 19.7. The lowest BCUT2D eigenvalue weighted by molar-refractivity contribution is 0.355. The van der Waals surface area contributed by atoms with E-state index >= 15 is 0 Å². The van der Waals surface area contributed by atoms with E-state index in [0.29, 0.717) is 17.2 Å². The molecule has 1 aromatic rings. The van der Waals surface area contributed by atoms with Crippen molar-refractivity contribution in [2.24, 2.45) is 10.8 Å². The van der Waals surface area contributed by atoms with Gasteiger partial charge in [0.1, 0.15) is 6.07 Å². The number of amidine groups is 1. The van der Waals surface area contributed by atoms with Crippen LogP contribution in [0.1, 0.15) is 5.56 Å². The van der Waals surface area contributed by atoms with E-state index in [1.165, 1.54) is 7.11 Å². The van der Waals surface area contributed by atoms with Crippen molar-refractivity contribution >= 4 is 17.2 Å². The van der Waals surface area contributed by atoms with Gasteiger partial charge in [-0.1, -0.05) is 0 Å². The van der Waals surface area contributed by atoms with E-state index in [1.807, 2.05) is 6.92 Å². The minimum absolute atomic E-state index is 0.186. The molecule has 0 unspecified atom stereocenters. The third kappa shape index (κ3) is 3.35. The summed E-state index contributed by atoms with van der Waals surface area (Å²) >= 11 is 0. The maximum absolute atomic E-state index is 8.74. The van der Waals surface area contributed by atoms with Crippen LogP contribution in [-0.4, -0.2) is 25.8 Å². The molecule has 0 aliphatic carbocycles. The summed E-state index contributed by atoms with van der Waals surface area (Å²) in [6, 6.07) is 5.19. The van der Waals surface area contributed by atoms with E-state index in [9.17, 15) is 0 Å². The molecule has 0 atom stereocenters. The number of nitriles is 1. The molecule has 0 heterocycles. The van der Waals surface area contributed by atoms with Gasteiger partial charge in [-0.15, -0.1) is 0 Å². The molecule has 0 bridgehead atoms. The van der Waals surface area contributed by atoms with Crippen molar-refractivity contribution in [1.29, 1.82) is 10.7 Å². The Morgan fingerprint density at radius 3 is 2.42 bits per heavy atom. The van der Waals surface area contributed by atoms with Gasteiger partial charge in [-0.05, 0) is 18.6 Å². The van der Waals surface area contributed by atoms with Gasteiger partial charge in [-0.2, -0.15) is 10.4 Å². The molecule has 0 aliphatic rings. The van der Waals surface area contributed by atoms with E-state index in [4.69, 9.17) is 25.9 Å². The minimum Gasteiger partial charge on any atom is -0.493 e. The Labute approximate surface area is 111 Å². The first-order chi connectivity index (χ1) is 9.03. The third-order valence-corrected chi connectivity index (χ3v) is 2.38. The van der Waals surface area contributed by atoms with Crippen LogP contribution in [-0.2, 0) is 0 Å². The van der Waals surface area contributed by atoms with Gasteiger partial charge in [0.05, 0.1) is 19.9 Å². The van der Waals surface area contributed by atoms with Crippen LogP contribution < -0.4 is 20.6 Å². The van der Waals surface area contributed by atoms with Gasteiger partial charge < -0.3 is 15.2 Å². The van der Waals surface area contributed by atoms with Gasteiger partial charge in [-0.3, -0.25) is 10.8 Å². The molecule has 7 nitrogen and oxygen atoms in total. The number of hydrazone groups is 1. The topological polar surface area (TPSA) is 117 Å². The largest absolute Gasteiger partial charge is 0.493 e. The third-order valence-electron chi connectivity index (χ3n) is 2.38. The zero-order chi connectivity index (χ0) is 14.4. The summed E-state index contributed by atoms with van der Waals surface area (Å²) in [7, 11) is 3.07. The molecule has 0 saturated carbocycles. The summed E-state index contributed by atoms with van der Waals surface area (Å²) in [4.78, 5) is 0. The second-order valence-corrected chi connectivity index (χ2v) is 3.62. The summed E-state index contributed by atoms with van der Waals surface area (Å²) in [6.45, 7) is 1.85. The van der Waals surface area contributed by atoms with Crippen LogP contribution in [0.2, 0.25) is 0 Å². The molecule has 0 fully saturated rings. The fourth-order valence-electron chi connectivity index (χ4n) is 1.36. The highest BCUT2D eigenvalue weighted by Gasteiger charge is 2.08. The zero-order valence-electron chi connectivity index (χ0n) is 10.9. The number of hydrogen-bond acceptors (Lipinski definition) is 6. The van der Waals surface area contributed by atoms with Crippen molar-refractivity contribution in [3.05, 3.63) is 17.7 Å². The van der Waals surface area contributed by atoms with Crippen molar-refractivity contribution < 1.29 is 9.47 Å². The van der Waals surface area contributed by atoms with Crippen LogP contribution in [0.25, 0.3) is 0 Å². The standard InChI is InChI=1S/C12H15N5O2/c1-7-4-10(18-2)11(19-3)5-8(7)16-17-9(6-13)12(14)15/h4-5,16H,1-3H3,(H3,14,15)/b17-9+. The van der Waals surface area contributed by atoms with Crippen molar-refractivity contribution in [3.63, 3.8) is 0 Å². The molecule has 4 N–H and O–H groups in total. The second kappa shape index (κ2) is 6.26. The summed E-state index contributed by atoms with van der Waals surface area (Å²) in [5.74, 6) is 0.738. The van der Waals surface area contributed by atoms with E-state index in [2.05, 4.69) is 10.5 Å². The number of nitrogens with one attached hydrogen (secondary N) is 2. The molecule has 1 aromatic carbocycles. The van der Waals surface area contributed by atoms with Gasteiger partial charge in [0.15, 0.2) is 17.3 Å². The number of nitrogens with two attached hydrogens (primary N) is 1. The van der Waals surface area contributed by atoms with Crippen molar-refractivity contribution in [3.8, 4) is 17.6 Å². The number of ether oxygens (including phenoxy) is 2. The number of aryl methyl sites for hydroxylation is 1. The van der Waals surface area contributed by atoms with Crippen molar-refractivity contribution in [2.45, 2.75) is 6.92 Å². The highest BCUT2D eigenvalue weighted by Crippen LogP contribution is 2.32. The van der Waals surface area contributed by atoms with Gasteiger partial charge in [0.25, 0.3) is 0 Å². The fraction of sp³-hybridized carbons (Fsp3) is 0.250. The van der Waals surface area contributed by atoms with Crippen molar-refractivity contribution in [1.82, 2.24) is 0 Å². The Morgan fingerprint density at radius 1 is 1.37 bits per heavy atom. The summed E-state index contributed by atoms with van der Waals surface area (Å²) in [6.07, 6.45) is 0. The fourth-order valence-corrected chi connectivity index (χ4v) is 1.36. The molecular formula is C12H15N5O2. The van der Waals surface area contributed by atoms with Crippen LogP contribution in [0.5, 0.6) is 11.5 Å². The Bertz CT molecular complexity index is 560. The van der Waals surface area contributed by atoms with Crippen LogP contribution in [0.15, 0.2) is 17.2 Å². The van der Waals surface area contributed by atoms with Gasteiger partial charge in [-0.25, -0.2) is 0 Å². The molecule has 0 amide bonds. The van der Waals surface area contributed by atoms with E-state index in [0.717, 1.165) is 5.56 Å². The smallest absolute Gasteiger partial charge is 0.201 e. The lowest BCUT2D eigenvalue weighted by Gasteiger charge is -2.12. The van der Waals surface area contributed by atoms with E-state index in [-0.39, 0.29) is 5.71 Å². The molecule has 0 saturated heterocycles. The predicted molar refractivity (Wildman–Crippen MR) is 72.9 cm³/mol. The van der Waals surface area contributed by atoms with E-state index < -0.39 is 5.84 Å². The highest BCUT2D eigenvalue weighted by molar-refractivity contribution is 6.45. The number of nitrogens with zero attached hydrogens (tertiary/aromatic N) is 2. The number of rotatable bonds is 5. The van der Waals surface area contributed by atoms with Crippen molar-refractivity contribution in [2.75, 3.05) is 19.6 Å². The SMILES string of the molecule is COc1cc(C)c(N/N=C(\C#N)C(=N)N)cc1OC. The Morgan fingerprint density at radius 2 is 1.95 bits per heavy atom. The van der Waals surface area contributed by atoms with E-state index in [1.54, 1.807) is 25.3 Å². The number of benzene rings is 1. The molecule has 7 heteroatoms. The summed E-state index contributed by atoms with van der Waals surface area (Å²) in [5.41, 5.74) is 9.17. The molecular weight excluding hydrogens is 246 g/mol. The first-order valence-electron chi connectivity index (χ1n) is 5.34. The molecule has 100 valence electrons. The quantitative estimate of drug-likeness (QED) is 0.419. The Kier molecular flexibility index (Phi) is 4.71. The second-order valence-electron chi connectivity index (χ2n) is 3.62. The number of hydrogen-bond donors (Lipinski definition) is 3. The monoisotopic (exact) mass is 261 g/mol. The normalized spacial score (nSPS) is 10.5. The van der Waals surface area contributed by atoms with Gasteiger partial charge in [0, 0.05) is 6.07 Å². The van der Waals surface area contributed by atoms with Crippen LogP contribution in [0.4, 0.5) is 5.69 Å². The zero-order valence-corrected chi connectivity index (χ0v) is 10.9. The van der Waals surface area contributed by atoms with Gasteiger partial charge in [0.2, 0.25) is 5.71 Å². The average molecular weight is 261 g/mol. The first-order valence-corrected chi connectivity index (χ1v) is 5.34. The van der Waals surface area contributed by atoms with Crippen LogP contribution >= 0.6 is 0 Å². The highest BCUT2D eigenvalue weighted by atomic mass is 16.5. The molecule has 1 rings (SSSR count). The molecule has 0 radical (unpaired) electrons. The molecule has 19 heavy (non-hydrogen) atoms. The van der Waals surface area contributed by atoms with Gasteiger partial charge >= 0.3 is 0 Å². The minimum atomic E-state index is -0.395. The predicted octanol–water partition coefficient (Wildman–Crippen LogP) is 1.24. The van der Waals surface area contributed by atoms with Crippen LogP contribution in [0.3, 0.4) is 0 Å². The molecule has 0 aliphatic heterocycles. The molecule has 0 spiro atoms. The Hall–Kier alpha value is -2.75. The lowest BCUT2D eigenvalue weighted by Crippen LogP contribution is -2.21. The van der Waals surface area contributed by atoms with Crippen LogP contribution in [0, 0.1) is 23.7 Å². The number of methoxy groups -OCH3 is 2. The maximum Gasteiger partial charge on any atom is 0.201 e.